The third kappa shape index (κ3) is 2.70. The largest absolute Gasteiger partial charge is 0.325 e. The minimum atomic E-state index is -0.576. The van der Waals surface area contributed by atoms with Gasteiger partial charge >= 0.3 is 6.03 Å². The van der Waals surface area contributed by atoms with Crippen molar-refractivity contribution in [3.63, 3.8) is 0 Å². The fourth-order valence-electron chi connectivity index (χ4n) is 1.85. The highest BCUT2D eigenvalue weighted by Gasteiger charge is 2.19. The van der Waals surface area contributed by atoms with Crippen molar-refractivity contribution in [1.82, 2.24) is 4.90 Å². The zero-order valence-corrected chi connectivity index (χ0v) is 10.3. The van der Waals surface area contributed by atoms with Crippen molar-refractivity contribution in [1.29, 1.82) is 0 Å². The molecule has 96 valence electrons. The highest BCUT2D eigenvalue weighted by Crippen LogP contribution is 2.27. The molecule has 1 heterocycles. The number of likely N-dealkylation sites (tertiary alicyclic amines) is 1. The van der Waals surface area contributed by atoms with Crippen LogP contribution in [0.5, 0.6) is 0 Å². The number of benzene rings is 1. The van der Waals surface area contributed by atoms with Crippen molar-refractivity contribution in [3.8, 4) is 0 Å². The number of amides is 2. The maximum atomic E-state index is 11.8. The van der Waals surface area contributed by atoms with E-state index in [1.54, 1.807) is 11.0 Å². The Bertz CT molecular complexity index is 486. The lowest BCUT2D eigenvalue weighted by molar-refractivity contribution is -0.384. The molecule has 1 aromatic rings. The molecule has 0 saturated carbocycles. The van der Waals surface area contributed by atoms with Crippen LogP contribution in [0.15, 0.2) is 18.2 Å². The molecule has 2 rings (SSSR count). The van der Waals surface area contributed by atoms with Crippen LogP contribution < -0.4 is 5.32 Å². The van der Waals surface area contributed by atoms with Crippen LogP contribution in [0.1, 0.15) is 12.8 Å². The molecular weight excluding hydrogens is 258 g/mol. The lowest BCUT2D eigenvalue weighted by Gasteiger charge is -2.16. The normalized spacial score (nSPS) is 14.6. The second-order valence-corrected chi connectivity index (χ2v) is 4.45. The Morgan fingerprint density at radius 1 is 1.39 bits per heavy atom. The summed E-state index contributed by atoms with van der Waals surface area (Å²) in [5.41, 5.74) is 0.166. The van der Waals surface area contributed by atoms with Crippen LogP contribution in [0.25, 0.3) is 0 Å². The van der Waals surface area contributed by atoms with Crippen LogP contribution in [0.4, 0.5) is 16.2 Å². The predicted molar refractivity (Wildman–Crippen MR) is 67.9 cm³/mol. The average Bonchev–Trinajstić information content (AvgIpc) is 2.85. The van der Waals surface area contributed by atoms with Crippen LogP contribution >= 0.6 is 11.6 Å². The molecule has 0 aromatic heterocycles. The van der Waals surface area contributed by atoms with Gasteiger partial charge in [0.25, 0.3) is 5.69 Å². The minimum Gasteiger partial charge on any atom is -0.325 e. The molecule has 1 aliphatic rings. The summed E-state index contributed by atoms with van der Waals surface area (Å²) in [4.78, 5) is 23.6. The monoisotopic (exact) mass is 269 g/mol. The zero-order valence-electron chi connectivity index (χ0n) is 9.56. The van der Waals surface area contributed by atoms with Gasteiger partial charge in [0.2, 0.25) is 0 Å². The van der Waals surface area contributed by atoms with Gasteiger partial charge < -0.3 is 10.2 Å². The van der Waals surface area contributed by atoms with Gasteiger partial charge in [-0.1, -0.05) is 11.6 Å². The Hall–Kier alpha value is -1.82. The molecule has 1 aromatic carbocycles. The van der Waals surface area contributed by atoms with E-state index in [0.29, 0.717) is 5.69 Å². The number of anilines is 1. The number of nitro groups is 1. The van der Waals surface area contributed by atoms with Crippen molar-refractivity contribution < 1.29 is 9.72 Å². The number of hydrogen-bond acceptors (Lipinski definition) is 3. The van der Waals surface area contributed by atoms with Crippen molar-refractivity contribution in [3.05, 3.63) is 33.3 Å². The molecule has 1 fully saturated rings. The Morgan fingerprint density at radius 3 is 2.67 bits per heavy atom. The number of hydrogen-bond donors (Lipinski definition) is 1. The highest BCUT2D eigenvalue weighted by atomic mass is 35.5. The average molecular weight is 270 g/mol. The molecule has 0 unspecified atom stereocenters. The molecule has 6 nitrogen and oxygen atoms in total. The number of carbonyl (C=O) groups is 1. The lowest BCUT2D eigenvalue weighted by atomic mass is 10.3. The third-order valence-electron chi connectivity index (χ3n) is 2.79. The molecule has 7 heteroatoms. The first kappa shape index (κ1) is 12.6. The zero-order chi connectivity index (χ0) is 13.1. The number of carbonyl (C=O) groups excluding carboxylic acids is 1. The number of rotatable bonds is 2. The highest BCUT2D eigenvalue weighted by molar-refractivity contribution is 6.32. The summed E-state index contributed by atoms with van der Waals surface area (Å²) in [5.74, 6) is 0. The van der Waals surface area contributed by atoms with Crippen LogP contribution in [0, 0.1) is 10.1 Å². The summed E-state index contributed by atoms with van der Waals surface area (Å²) in [6, 6.07) is 3.97. The molecule has 1 saturated heterocycles. The number of urea groups is 1. The van der Waals surface area contributed by atoms with Gasteiger partial charge in [0.1, 0.15) is 5.02 Å². The number of nitrogens with one attached hydrogen (secondary N) is 1. The SMILES string of the molecule is O=C(Nc1ccc(Cl)c([N+](=O)[O-])c1)N1CCCC1. The molecule has 2 amide bonds. The van der Waals surface area contributed by atoms with E-state index in [0.717, 1.165) is 25.9 Å². The van der Waals surface area contributed by atoms with E-state index < -0.39 is 4.92 Å². The van der Waals surface area contributed by atoms with Crippen LogP contribution in [-0.4, -0.2) is 28.9 Å². The second kappa shape index (κ2) is 5.22. The number of nitrogens with zero attached hydrogens (tertiary/aromatic N) is 2. The molecule has 0 aliphatic carbocycles. The smallest absolute Gasteiger partial charge is 0.321 e. The van der Waals surface area contributed by atoms with E-state index in [-0.39, 0.29) is 16.7 Å². The van der Waals surface area contributed by atoms with Gasteiger partial charge in [-0.3, -0.25) is 10.1 Å². The van der Waals surface area contributed by atoms with E-state index in [1.165, 1.54) is 12.1 Å². The van der Waals surface area contributed by atoms with E-state index in [9.17, 15) is 14.9 Å². The summed E-state index contributed by atoms with van der Waals surface area (Å²) in [7, 11) is 0. The summed E-state index contributed by atoms with van der Waals surface area (Å²) in [6.07, 6.45) is 1.99. The van der Waals surface area contributed by atoms with Crippen LogP contribution in [0.3, 0.4) is 0 Å². The number of halogens is 1. The van der Waals surface area contributed by atoms with Gasteiger partial charge in [-0.25, -0.2) is 4.79 Å². The predicted octanol–water partition coefficient (Wildman–Crippen LogP) is 2.88. The van der Waals surface area contributed by atoms with E-state index >= 15 is 0 Å². The fraction of sp³-hybridized carbons (Fsp3) is 0.364. The molecule has 0 spiro atoms. The molecular formula is C11H12ClN3O3. The quantitative estimate of drug-likeness (QED) is 0.662. The minimum absolute atomic E-state index is 0.0548. The van der Waals surface area contributed by atoms with Gasteiger partial charge in [-0.05, 0) is 25.0 Å². The topological polar surface area (TPSA) is 75.5 Å². The first-order valence-corrected chi connectivity index (χ1v) is 5.95. The van der Waals surface area contributed by atoms with Gasteiger partial charge in [0, 0.05) is 24.8 Å². The van der Waals surface area contributed by atoms with E-state index in [1.807, 2.05) is 0 Å². The Kier molecular flexibility index (Phi) is 3.66. The maximum absolute atomic E-state index is 11.8. The summed E-state index contributed by atoms with van der Waals surface area (Å²) >= 11 is 5.69. The summed E-state index contributed by atoms with van der Waals surface area (Å²) in [5, 5.41) is 13.4. The molecule has 18 heavy (non-hydrogen) atoms. The Morgan fingerprint density at radius 2 is 2.06 bits per heavy atom. The summed E-state index contributed by atoms with van der Waals surface area (Å²) in [6.45, 7) is 1.45. The second-order valence-electron chi connectivity index (χ2n) is 4.05. The summed E-state index contributed by atoms with van der Waals surface area (Å²) < 4.78 is 0. The molecule has 0 bridgehead atoms. The van der Waals surface area contributed by atoms with E-state index in [2.05, 4.69) is 5.32 Å². The molecule has 1 N–H and O–H groups in total. The molecule has 0 radical (unpaired) electrons. The Labute approximate surface area is 109 Å². The fourth-order valence-corrected chi connectivity index (χ4v) is 2.04. The maximum Gasteiger partial charge on any atom is 0.321 e. The molecule has 0 atom stereocenters. The van der Waals surface area contributed by atoms with Crippen LogP contribution in [-0.2, 0) is 0 Å². The molecule has 1 aliphatic heterocycles. The van der Waals surface area contributed by atoms with Gasteiger partial charge in [-0.15, -0.1) is 0 Å². The van der Waals surface area contributed by atoms with Crippen molar-refractivity contribution in [2.24, 2.45) is 0 Å². The van der Waals surface area contributed by atoms with Crippen molar-refractivity contribution in [2.45, 2.75) is 12.8 Å². The van der Waals surface area contributed by atoms with Crippen molar-refractivity contribution >= 4 is 29.0 Å². The van der Waals surface area contributed by atoms with Crippen molar-refractivity contribution in [2.75, 3.05) is 18.4 Å². The standard InChI is InChI=1S/C11H12ClN3O3/c12-9-4-3-8(7-10(9)15(17)18)13-11(16)14-5-1-2-6-14/h3-4,7H,1-2,5-6H2,(H,13,16). The first-order chi connectivity index (χ1) is 8.58. The lowest BCUT2D eigenvalue weighted by Crippen LogP contribution is -2.32. The van der Waals surface area contributed by atoms with Gasteiger partial charge in [0.15, 0.2) is 0 Å². The first-order valence-electron chi connectivity index (χ1n) is 5.58. The van der Waals surface area contributed by atoms with Gasteiger partial charge in [-0.2, -0.15) is 0 Å². The van der Waals surface area contributed by atoms with Crippen LogP contribution in [0.2, 0.25) is 5.02 Å². The number of nitro benzene ring substituents is 1. The Balaban J connectivity index is 2.11. The third-order valence-corrected chi connectivity index (χ3v) is 3.11. The van der Waals surface area contributed by atoms with E-state index in [4.69, 9.17) is 11.6 Å². The van der Waals surface area contributed by atoms with Gasteiger partial charge in [0.05, 0.1) is 4.92 Å².